The third kappa shape index (κ3) is 18.6. The summed E-state index contributed by atoms with van der Waals surface area (Å²) >= 11 is 1.02. The Bertz CT molecular complexity index is 793. The average molecular weight is 471 g/mol. The molecule has 0 unspecified atom stereocenters. The number of rotatable bonds is 11. The van der Waals surface area contributed by atoms with Crippen molar-refractivity contribution in [2.45, 2.75) is 46.0 Å². The largest absolute Gasteiger partial charge is 0.326 e. The molecule has 0 saturated heterocycles. The zero-order chi connectivity index (χ0) is 24.7. The molecule has 180 valence electrons. The normalized spacial score (nSPS) is 9.42. The number of hydrogen-bond acceptors (Lipinski definition) is 5. The maximum Gasteiger partial charge on any atom is 0.224 e. The van der Waals surface area contributed by atoms with E-state index in [9.17, 15) is 14.4 Å². The van der Waals surface area contributed by atoms with E-state index in [4.69, 9.17) is 0 Å². The zero-order valence-corrected chi connectivity index (χ0v) is 21.0. The molecule has 0 spiro atoms. The van der Waals surface area contributed by atoms with Crippen molar-refractivity contribution >= 4 is 40.8 Å². The van der Waals surface area contributed by atoms with Crippen LogP contribution in [0.1, 0.15) is 50.7 Å². The fraction of sp³-hybridized carbons (Fsp3) is 0.370. The van der Waals surface area contributed by atoms with Gasteiger partial charge >= 0.3 is 0 Å². The maximum atomic E-state index is 11.7. The quantitative estimate of drug-likeness (QED) is 0.322. The number of anilines is 1. The number of unbranched alkanes of at least 4 members (excludes halogenated alkanes) is 2. The molecule has 0 bridgehead atoms. The topological polar surface area (TPSA) is 75.3 Å². The summed E-state index contributed by atoms with van der Waals surface area (Å²) in [4.78, 5) is 31.2. The van der Waals surface area contributed by atoms with Crippen LogP contribution in [0.25, 0.3) is 6.08 Å². The van der Waals surface area contributed by atoms with Crippen molar-refractivity contribution in [1.29, 1.82) is 0 Å². The number of amides is 1. The van der Waals surface area contributed by atoms with Crippen molar-refractivity contribution in [3.63, 3.8) is 0 Å². The second-order valence-corrected chi connectivity index (χ2v) is 8.29. The van der Waals surface area contributed by atoms with Crippen molar-refractivity contribution in [1.82, 2.24) is 5.32 Å². The molecule has 0 aliphatic carbocycles. The molecule has 2 aromatic carbocycles. The van der Waals surface area contributed by atoms with Crippen molar-refractivity contribution in [2.75, 3.05) is 24.7 Å². The number of aryl methyl sites for hydroxylation is 1. The monoisotopic (exact) mass is 470 g/mol. The minimum absolute atomic E-state index is 0.00731. The maximum absolute atomic E-state index is 11.7. The van der Waals surface area contributed by atoms with Crippen LogP contribution in [-0.2, 0) is 20.8 Å². The molecule has 6 heteroatoms. The van der Waals surface area contributed by atoms with Crippen molar-refractivity contribution in [3.05, 3.63) is 72.3 Å². The third-order valence-electron chi connectivity index (χ3n) is 4.37. The summed E-state index contributed by atoms with van der Waals surface area (Å²) in [5.41, 5.74) is 3.36. The molecule has 33 heavy (non-hydrogen) atoms. The molecule has 0 aliphatic heterocycles. The Balaban J connectivity index is 0.000000560. The van der Waals surface area contributed by atoms with Crippen LogP contribution in [0.15, 0.2) is 61.2 Å². The summed E-state index contributed by atoms with van der Waals surface area (Å²) in [5, 5.41) is 6.03. The first-order valence-electron chi connectivity index (χ1n) is 11.2. The van der Waals surface area contributed by atoms with E-state index in [2.05, 4.69) is 36.3 Å². The van der Waals surface area contributed by atoms with E-state index in [-0.39, 0.29) is 16.8 Å². The molecule has 0 atom stereocenters. The Labute approximate surface area is 203 Å². The Morgan fingerprint density at radius 2 is 1.67 bits per heavy atom. The molecule has 2 aromatic rings. The Morgan fingerprint density at radius 1 is 1.00 bits per heavy atom. The highest BCUT2D eigenvalue weighted by Gasteiger charge is 2.02. The Kier molecular flexibility index (Phi) is 19.4. The van der Waals surface area contributed by atoms with E-state index in [1.54, 1.807) is 0 Å². The predicted octanol–water partition coefficient (Wildman–Crippen LogP) is 5.76. The van der Waals surface area contributed by atoms with Gasteiger partial charge in [-0.05, 0) is 56.1 Å². The highest BCUT2D eigenvalue weighted by atomic mass is 32.2. The van der Waals surface area contributed by atoms with E-state index < -0.39 is 0 Å². The van der Waals surface area contributed by atoms with Gasteiger partial charge in [-0.3, -0.25) is 9.59 Å². The second-order valence-electron chi connectivity index (χ2n) is 7.10. The number of hydrogen-bond donors (Lipinski definition) is 2. The van der Waals surface area contributed by atoms with Crippen LogP contribution in [0.5, 0.6) is 0 Å². The van der Waals surface area contributed by atoms with Crippen molar-refractivity contribution in [3.8, 4) is 0 Å². The lowest BCUT2D eigenvalue weighted by molar-refractivity contribution is -0.116. The molecule has 0 radical (unpaired) electrons. The SMILES string of the molecule is C=Cc1ccccc1.CC(=O)SCC=O.CCc1ccc(NC(=O)CCCCCNC)cc1. The number of aldehydes is 1. The lowest BCUT2D eigenvalue weighted by atomic mass is 10.1. The molecule has 1 amide bonds. The minimum atomic E-state index is -0.00731. The van der Waals surface area contributed by atoms with Crippen LogP contribution in [0, 0.1) is 0 Å². The van der Waals surface area contributed by atoms with Crippen LogP contribution in [0.4, 0.5) is 5.69 Å². The first kappa shape index (κ1) is 30.3. The lowest BCUT2D eigenvalue weighted by Gasteiger charge is -2.06. The first-order chi connectivity index (χ1) is 16.0. The van der Waals surface area contributed by atoms with Crippen LogP contribution >= 0.6 is 11.8 Å². The predicted molar refractivity (Wildman–Crippen MR) is 143 cm³/mol. The smallest absolute Gasteiger partial charge is 0.224 e. The number of nitrogens with one attached hydrogen (secondary N) is 2. The summed E-state index contributed by atoms with van der Waals surface area (Å²) in [6.07, 6.45) is 7.38. The first-order valence-corrected chi connectivity index (χ1v) is 12.2. The Morgan fingerprint density at radius 3 is 2.12 bits per heavy atom. The molecule has 2 rings (SSSR count). The summed E-state index contributed by atoms with van der Waals surface area (Å²) in [5.74, 6) is 0.402. The van der Waals surface area contributed by atoms with E-state index >= 15 is 0 Å². The van der Waals surface area contributed by atoms with Gasteiger partial charge in [0, 0.05) is 19.0 Å². The summed E-state index contributed by atoms with van der Waals surface area (Å²) in [6, 6.07) is 18.1. The van der Waals surface area contributed by atoms with E-state index in [0.29, 0.717) is 12.7 Å². The molecule has 0 heterocycles. The fourth-order valence-electron chi connectivity index (χ4n) is 2.55. The van der Waals surface area contributed by atoms with Crippen LogP contribution in [-0.4, -0.2) is 36.7 Å². The molecular formula is C27H38N2O3S. The molecule has 0 aromatic heterocycles. The van der Waals surface area contributed by atoms with E-state index in [1.165, 1.54) is 18.1 Å². The lowest BCUT2D eigenvalue weighted by Crippen LogP contribution is -2.12. The molecule has 0 fully saturated rings. The van der Waals surface area contributed by atoms with Crippen LogP contribution in [0.2, 0.25) is 0 Å². The summed E-state index contributed by atoms with van der Waals surface area (Å²) < 4.78 is 0. The van der Waals surface area contributed by atoms with Crippen LogP contribution < -0.4 is 10.6 Å². The third-order valence-corrected chi connectivity index (χ3v) is 5.08. The van der Waals surface area contributed by atoms with Gasteiger partial charge in [0.05, 0.1) is 5.75 Å². The van der Waals surface area contributed by atoms with Crippen molar-refractivity contribution in [2.24, 2.45) is 0 Å². The van der Waals surface area contributed by atoms with Gasteiger partial charge in [0.2, 0.25) is 5.91 Å². The van der Waals surface area contributed by atoms with E-state index in [0.717, 1.165) is 49.7 Å². The van der Waals surface area contributed by atoms with Gasteiger partial charge in [0.25, 0.3) is 0 Å². The molecule has 5 nitrogen and oxygen atoms in total. The number of thioether (sulfide) groups is 1. The fourth-order valence-corrected chi connectivity index (χ4v) is 2.85. The van der Waals surface area contributed by atoms with Gasteiger partial charge in [0.15, 0.2) is 5.12 Å². The summed E-state index contributed by atoms with van der Waals surface area (Å²) in [6.45, 7) is 8.22. The van der Waals surface area contributed by atoms with Crippen molar-refractivity contribution < 1.29 is 14.4 Å². The second kappa shape index (κ2) is 21.2. The van der Waals surface area contributed by atoms with E-state index in [1.807, 2.05) is 55.6 Å². The zero-order valence-electron chi connectivity index (χ0n) is 20.1. The number of benzene rings is 2. The molecule has 0 aliphatic rings. The number of carbonyl (C=O) groups excluding carboxylic acids is 3. The summed E-state index contributed by atoms with van der Waals surface area (Å²) in [7, 11) is 1.95. The van der Waals surface area contributed by atoms with Crippen LogP contribution in [0.3, 0.4) is 0 Å². The average Bonchev–Trinajstić information content (AvgIpc) is 2.84. The highest BCUT2D eigenvalue weighted by molar-refractivity contribution is 8.14. The van der Waals surface area contributed by atoms with Gasteiger partial charge in [-0.2, -0.15) is 0 Å². The standard InChI is InChI=1S/C15H24N2O.C8H8.C4H6O2S/c1-3-13-8-10-14(11-9-13)17-15(18)7-5-4-6-12-16-2;1-2-8-6-4-3-5-7-8;1-4(6)7-3-2-5/h8-11,16H,3-7,12H2,1-2H3,(H,17,18);2-7H,1H2;2H,3H2,1H3. The molecule has 0 saturated carbocycles. The van der Waals surface area contributed by atoms with Gasteiger partial charge in [0.1, 0.15) is 6.29 Å². The highest BCUT2D eigenvalue weighted by Crippen LogP contribution is 2.11. The molecular weight excluding hydrogens is 432 g/mol. The minimum Gasteiger partial charge on any atom is -0.326 e. The van der Waals surface area contributed by atoms with Gasteiger partial charge in [-0.25, -0.2) is 0 Å². The molecule has 2 N–H and O–H groups in total. The van der Waals surface area contributed by atoms with Gasteiger partial charge in [-0.15, -0.1) is 0 Å². The van der Waals surface area contributed by atoms with Gasteiger partial charge < -0.3 is 15.4 Å². The van der Waals surface area contributed by atoms with Gasteiger partial charge in [-0.1, -0.05) is 80.2 Å². The Hall–Kier alpha value is -2.70. The number of carbonyl (C=O) groups is 3.